The molecule has 8 nitrogen and oxygen atoms in total. The number of hydrogen-bond donors (Lipinski definition) is 4. The molecule has 0 aliphatic carbocycles. The maximum Gasteiger partial charge on any atom is 0.408 e. The first-order valence-electron chi connectivity index (χ1n) is 9.87. The van der Waals surface area contributed by atoms with E-state index >= 15 is 0 Å². The molecule has 0 radical (unpaired) electrons. The van der Waals surface area contributed by atoms with Crippen LogP contribution in [-0.4, -0.2) is 66.4 Å². The van der Waals surface area contributed by atoms with E-state index in [1.54, 1.807) is 39.5 Å². The van der Waals surface area contributed by atoms with Gasteiger partial charge in [0, 0.05) is 9.49 Å². The van der Waals surface area contributed by atoms with Gasteiger partial charge in [-0.1, -0.05) is 27.7 Å². The summed E-state index contributed by atoms with van der Waals surface area (Å²) in [6.07, 6.45) is -0.977. The summed E-state index contributed by atoms with van der Waals surface area (Å²) in [5.41, 5.74) is 5.52. The number of nitrogens with one attached hydrogen (secondary N) is 1. The molecule has 0 aromatic rings. The lowest BCUT2D eigenvalue weighted by molar-refractivity contribution is -0.140. The van der Waals surface area contributed by atoms with Gasteiger partial charge in [-0.25, -0.2) is 9.59 Å². The molecule has 30 heavy (non-hydrogen) atoms. The molecule has 0 spiro atoms. The van der Waals surface area contributed by atoms with Crippen molar-refractivity contribution >= 4 is 41.6 Å². The Balaban J connectivity index is 0. The van der Waals surface area contributed by atoms with E-state index in [1.807, 2.05) is 41.5 Å². The third-order valence-corrected chi connectivity index (χ3v) is 6.29. The number of carboxylic acids is 2. The summed E-state index contributed by atoms with van der Waals surface area (Å²) < 4.78 is 3.89. The molecular weight excluding hydrogens is 428 g/mol. The Morgan fingerprint density at radius 2 is 1.23 bits per heavy atom. The normalized spacial score (nSPS) is 14.1. The smallest absolute Gasteiger partial charge is 0.408 e. The van der Waals surface area contributed by atoms with Gasteiger partial charge < -0.3 is 26.0 Å². The van der Waals surface area contributed by atoms with Crippen LogP contribution in [0.2, 0.25) is 0 Å². The lowest BCUT2D eigenvalue weighted by atomic mass is 10.0. The maximum atomic E-state index is 11.5. The van der Waals surface area contributed by atoms with E-state index in [2.05, 4.69) is 5.32 Å². The lowest BCUT2D eigenvalue weighted by Gasteiger charge is -2.32. The van der Waals surface area contributed by atoms with Crippen molar-refractivity contribution in [2.45, 2.75) is 107 Å². The number of ether oxygens (including phenoxy) is 1. The van der Waals surface area contributed by atoms with E-state index in [9.17, 15) is 19.5 Å². The van der Waals surface area contributed by atoms with Crippen molar-refractivity contribution in [2.24, 2.45) is 5.73 Å². The third kappa shape index (κ3) is 13.2. The van der Waals surface area contributed by atoms with Crippen molar-refractivity contribution in [1.29, 1.82) is 0 Å². The van der Waals surface area contributed by atoms with E-state index in [1.165, 1.54) is 11.8 Å². The summed E-state index contributed by atoms with van der Waals surface area (Å²) in [4.78, 5) is 33.3. The molecule has 0 aliphatic rings. The van der Waals surface area contributed by atoms with Crippen molar-refractivity contribution in [3.8, 4) is 0 Å². The Bertz CT molecular complexity index is 565. The molecule has 0 aromatic carbocycles. The number of hydrogen-bond acceptors (Lipinski definition) is 7. The Labute approximate surface area is 189 Å². The molecule has 1 amide bonds. The molecular formula is C20H40N2O6S2. The number of nitrogens with two attached hydrogens (primary N) is 1. The minimum atomic E-state index is -1.06. The highest BCUT2D eigenvalue weighted by molar-refractivity contribution is 8.01. The molecule has 0 bridgehead atoms. The molecule has 5 N–H and O–H groups in total. The average molecular weight is 469 g/mol. The van der Waals surface area contributed by atoms with Crippen LogP contribution in [0, 0.1) is 0 Å². The second kappa shape index (κ2) is 13.3. The number of thioether (sulfide) groups is 2. The summed E-state index contributed by atoms with van der Waals surface area (Å²) >= 11 is 3.09. The fourth-order valence-electron chi connectivity index (χ4n) is 2.55. The number of aliphatic carboxylic acids is 2. The molecule has 10 heteroatoms. The largest absolute Gasteiger partial charge is 0.480 e. The zero-order chi connectivity index (χ0) is 24.4. The minimum absolute atomic E-state index is 0.268. The minimum Gasteiger partial charge on any atom is -0.480 e. The molecule has 0 rings (SSSR count). The SMILES string of the molecule is CC(C)OC(=O)N[C@H](C(=O)O)C(C)(C)SC(C)C.CC(C)SC(C)(C)[C@H](N)C(=O)O. The first kappa shape index (κ1) is 31.1. The number of carbonyl (C=O) groups is 3. The predicted molar refractivity (Wildman–Crippen MR) is 125 cm³/mol. The fourth-order valence-corrected chi connectivity index (χ4v) is 5.53. The van der Waals surface area contributed by atoms with Gasteiger partial charge >= 0.3 is 18.0 Å². The zero-order valence-electron chi connectivity index (χ0n) is 19.8. The highest BCUT2D eigenvalue weighted by Crippen LogP contribution is 2.32. The quantitative estimate of drug-likeness (QED) is 0.377. The predicted octanol–water partition coefficient (Wildman–Crippen LogP) is 3.81. The fraction of sp³-hybridized carbons (Fsp3) is 0.850. The molecule has 0 aliphatic heterocycles. The van der Waals surface area contributed by atoms with Crippen LogP contribution < -0.4 is 11.1 Å². The molecule has 0 saturated heterocycles. The van der Waals surface area contributed by atoms with Crippen LogP contribution in [0.15, 0.2) is 0 Å². The maximum absolute atomic E-state index is 11.5. The monoisotopic (exact) mass is 468 g/mol. The molecule has 178 valence electrons. The van der Waals surface area contributed by atoms with Gasteiger partial charge in [0.25, 0.3) is 0 Å². The van der Waals surface area contributed by atoms with Crippen LogP contribution in [-0.2, 0) is 14.3 Å². The van der Waals surface area contributed by atoms with E-state index < -0.39 is 39.6 Å². The van der Waals surface area contributed by atoms with E-state index in [4.69, 9.17) is 15.6 Å². The van der Waals surface area contributed by atoms with E-state index in [0.29, 0.717) is 5.25 Å². The van der Waals surface area contributed by atoms with Crippen molar-refractivity contribution in [1.82, 2.24) is 5.32 Å². The van der Waals surface area contributed by atoms with Gasteiger partial charge in [0.2, 0.25) is 0 Å². The highest BCUT2D eigenvalue weighted by Gasteiger charge is 2.38. The van der Waals surface area contributed by atoms with Crippen molar-refractivity contribution in [3.63, 3.8) is 0 Å². The summed E-state index contributed by atoms with van der Waals surface area (Å²) in [5, 5.41) is 21.0. The van der Waals surface area contributed by atoms with Crippen LogP contribution in [0.5, 0.6) is 0 Å². The van der Waals surface area contributed by atoms with Crippen LogP contribution in [0.3, 0.4) is 0 Å². The van der Waals surface area contributed by atoms with Gasteiger partial charge in [-0.15, -0.1) is 0 Å². The summed E-state index contributed by atoms with van der Waals surface area (Å²) in [6.45, 7) is 18.8. The summed E-state index contributed by atoms with van der Waals surface area (Å²) in [7, 11) is 0. The molecule has 0 aromatic heterocycles. The second-order valence-corrected chi connectivity index (χ2v) is 13.2. The highest BCUT2D eigenvalue weighted by atomic mass is 32.2. The van der Waals surface area contributed by atoms with Crippen LogP contribution >= 0.6 is 23.5 Å². The van der Waals surface area contributed by atoms with Crippen LogP contribution in [0.1, 0.15) is 69.2 Å². The average Bonchev–Trinajstić information content (AvgIpc) is 2.48. The number of carbonyl (C=O) groups excluding carboxylic acids is 1. The summed E-state index contributed by atoms with van der Waals surface area (Å²) in [6, 6.07) is -1.79. The van der Waals surface area contributed by atoms with E-state index in [-0.39, 0.29) is 11.4 Å². The second-order valence-electron chi connectivity index (χ2n) is 8.73. The Kier molecular flexibility index (Phi) is 13.8. The topological polar surface area (TPSA) is 139 Å². The van der Waals surface area contributed by atoms with Crippen molar-refractivity contribution < 1.29 is 29.3 Å². The van der Waals surface area contributed by atoms with Crippen molar-refractivity contribution in [2.75, 3.05) is 0 Å². The molecule has 0 fully saturated rings. The first-order chi connectivity index (χ1) is 13.3. The van der Waals surface area contributed by atoms with Gasteiger partial charge in [0.15, 0.2) is 0 Å². The summed E-state index contributed by atoms with van der Waals surface area (Å²) in [5.74, 6) is -2.00. The molecule has 0 unspecified atom stereocenters. The third-order valence-electron chi connectivity index (χ3n) is 3.64. The zero-order valence-corrected chi connectivity index (χ0v) is 21.4. The number of rotatable bonds is 10. The van der Waals surface area contributed by atoms with Gasteiger partial charge in [0.05, 0.1) is 6.10 Å². The van der Waals surface area contributed by atoms with Gasteiger partial charge in [-0.3, -0.25) is 4.79 Å². The van der Waals surface area contributed by atoms with E-state index in [0.717, 1.165) is 0 Å². The Morgan fingerprint density at radius 3 is 1.53 bits per heavy atom. The standard InChI is InChI=1S/C12H23NO4S.C8H17NO2S/c1-7(2)17-11(16)13-9(10(14)15)12(5,6)18-8(3)4;1-5(2)12-8(3,4)6(9)7(10)11/h7-9H,1-6H3,(H,13,16)(H,14,15);5-6H,9H2,1-4H3,(H,10,11)/t9-;6-/m11/s1. The molecule has 0 saturated carbocycles. The van der Waals surface area contributed by atoms with Crippen LogP contribution in [0.25, 0.3) is 0 Å². The van der Waals surface area contributed by atoms with Crippen LogP contribution in [0.4, 0.5) is 4.79 Å². The Morgan fingerprint density at radius 1 is 0.833 bits per heavy atom. The lowest BCUT2D eigenvalue weighted by Crippen LogP contribution is -2.53. The number of amides is 1. The number of carboxylic acid groups (broad SMARTS) is 2. The van der Waals surface area contributed by atoms with Crippen molar-refractivity contribution in [3.05, 3.63) is 0 Å². The van der Waals surface area contributed by atoms with Gasteiger partial charge in [-0.05, 0) is 52.0 Å². The van der Waals surface area contributed by atoms with Gasteiger partial charge in [-0.2, -0.15) is 23.5 Å². The molecule has 0 heterocycles. The molecule has 2 atom stereocenters. The van der Waals surface area contributed by atoms with Gasteiger partial charge in [0.1, 0.15) is 12.1 Å². The number of alkyl carbamates (subject to hydrolysis) is 1. The Hall–Kier alpha value is -1.13. The first-order valence-corrected chi connectivity index (χ1v) is 11.6.